The van der Waals surface area contributed by atoms with Gasteiger partial charge in [0.15, 0.2) is 0 Å². The molecule has 1 N–H and O–H groups in total. The number of rotatable bonds is 3. The molecule has 0 bridgehead atoms. The maximum Gasteiger partial charge on any atom is 0.335 e. The highest BCUT2D eigenvalue weighted by atomic mass is 16.4. The first kappa shape index (κ1) is 19.2. The minimum atomic E-state index is -1.05. The fourth-order valence-corrected chi connectivity index (χ4v) is 4.41. The lowest BCUT2D eigenvalue weighted by atomic mass is 10.1. The van der Waals surface area contributed by atoms with Gasteiger partial charge in [0, 0.05) is 18.3 Å². The molecule has 0 spiro atoms. The van der Waals surface area contributed by atoms with Crippen LogP contribution >= 0.6 is 0 Å². The fourth-order valence-electron chi connectivity index (χ4n) is 4.41. The number of carbonyl (C=O) groups is 1. The SMILES string of the molecule is O=C(O)c1ccc2c(=O)n3c(nc2c1)C(=Cc1c(-c2ccccc2)nc2ccccn12)CC3. The van der Waals surface area contributed by atoms with Crippen LogP contribution in [0.4, 0.5) is 0 Å². The average Bonchev–Trinajstić information content (AvgIpc) is 3.41. The van der Waals surface area contributed by atoms with Crippen molar-refractivity contribution < 1.29 is 9.90 Å². The summed E-state index contributed by atoms with van der Waals surface area (Å²) in [4.78, 5) is 34.0. The quantitative estimate of drug-likeness (QED) is 0.456. The van der Waals surface area contributed by atoms with Gasteiger partial charge in [-0.25, -0.2) is 14.8 Å². The van der Waals surface area contributed by atoms with Gasteiger partial charge in [0.2, 0.25) is 0 Å². The van der Waals surface area contributed by atoms with Crippen molar-refractivity contribution in [3.05, 3.63) is 100 Å². The van der Waals surface area contributed by atoms with E-state index in [0.29, 0.717) is 29.7 Å². The highest BCUT2D eigenvalue weighted by molar-refractivity contribution is 5.94. The molecule has 0 saturated carbocycles. The smallest absolute Gasteiger partial charge is 0.335 e. The van der Waals surface area contributed by atoms with Crippen LogP contribution in [0.15, 0.2) is 77.7 Å². The van der Waals surface area contributed by atoms with Crippen molar-refractivity contribution in [3.63, 3.8) is 0 Å². The van der Waals surface area contributed by atoms with E-state index in [2.05, 4.69) is 0 Å². The number of benzene rings is 2. The standard InChI is InChI=1S/C26H18N4O3/c31-25-19-10-9-18(26(32)33)14-20(19)27-24-17(11-13-30(24)25)15-21-23(16-6-2-1-3-7-16)28-22-8-4-5-12-29(21)22/h1-10,12,14-15H,11,13H2,(H,32,33). The third-order valence-corrected chi connectivity index (χ3v) is 6.02. The molecule has 0 atom stereocenters. The fraction of sp³-hybridized carbons (Fsp3) is 0.0769. The van der Waals surface area contributed by atoms with Crippen LogP contribution in [0.3, 0.4) is 0 Å². The number of carboxylic acid groups (broad SMARTS) is 1. The van der Waals surface area contributed by atoms with Gasteiger partial charge in [-0.3, -0.25) is 13.8 Å². The van der Waals surface area contributed by atoms with Crippen LogP contribution in [0, 0.1) is 0 Å². The van der Waals surface area contributed by atoms with Crippen molar-refractivity contribution in [2.75, 3.05) is 0 Å². The van der Waals surface area contributed by atoms with E-state index in [0.717, 1.165) is 28.2 Å². The Morgan fingerprint density at radius 3 is 2.64 bits per heavy atom. The van der Waals surface area contributed by atoms with E-state index in [9.17, 15) is 14.7 Å². The van der Waals surface area contributed by atoms with Gasteiger partial charge in [-0.15, -0.1) is 0 Å². The Hall–Kier alpha value is -4.52. The molecule has 1 aliphatic heterocycles. The lowest BCUT2D eigenvalue weighted by molar-refractivity contribution is 0.0697. The average molecular weight is 434 g/mol. The Bertz CT molecular complexity index is 1660. The number of carboxylic acids is 1. The zero-order valence-corrected chi connectivity index (χ0v) is 17.5. The first-order valence-electron chi connectivity index (χ1n) is 10.6. The summed E-state index contributed by atoms with van der Waals surface area (Å²) in [7, 11) is 0. The van der Waals surface area contributed by atoms with Crippen molar-refractivity contribution in [1.82, 2.24) is 18.9 Å². The van der Waals surface area contributed by atoms with Gasteiger partial charge < -0.3 is 5.11 Å². The summed E-state index contributed by atoms with van der Waals surface area (Å²) < 4.78 is 3.69. The molecule has 3 aromatic heterocycles. The van der Waals surface area contributed by atoms with Crippen molar-refractivity contribution in [2.24, 2.45) is 0 Å². The molecular weight excluding hydrogens is 416 g/mol. The van der Waals surface area contributed by atoms with E-state index >= 15 is 0 Å². The second-order valence-electron chi connectivity index (χ2n) is 7.99. The summed E-state index contributed by atoms with van der Waals surface area (Å²) in [5, 5.41) is 9.76. The number of nitrogens with zero attached hydrogens (tertiary/aromatic N) is 4. The van der Waals surface area contributed by atoms with Crippen molar-refractivity contribution in [3.8, 4) is 11.3 Å². The van der Waals surface area contributed by atoms with Crippen LogP contribution in [0.25, 0.3) is 39.5 Å². The molecule has 5 aromatic rings. The normalized spacial score (nSPS) is 14.2. The summed E-state index contributed by atoms with van der Waals surface area (Å²) in [6, 6.07) is 20.3. The molecule has 160 valence electrons. The topological polar surface area (TPSA) is 89.5 Å². The van der Waals surface area contributed by atoms with E-state index in [1.807, 2.05) is 65.2 Å². The second kappa shape index (κ2) is 7.27. The van der Waals surface area contributed by atoms with E-state index in [1.165, 1.54) is 12.1 Å². The Morgan fingerprint density at radius 2 is 1.82 bits per heavy atom. The van der Waals surface area contributed by atoms with Gasteiger partial charge in [-0.1, -0.05) is 36.4 Å². The highest BCUT2D eigenvalue weighted by Crippen LogP contribution is 2.32. The summed E-state index contributed by atoms with van der Waals surface area (Å²) in [6.45, 7) is 0.529. The minimum Gasteiger partial charge on any atom is -0.478 e. The zero-order chi connectivity index (χ0) is 22.5. The lowest BCUT2D eigenvalue weighted by Gasteiger charge is -2.07. The van der Waals surface area contributed by atoms with Crippen molar-refractivity contribution in [2.45, 2.75) is 13.0 Å². The van der Waals surface area contributed by atoms with Crippen LogP contribution in [-0.2, 0) is 6.54 Å². The lowest BCUT2D eigenvalue weighted by Crippen LogP contribution is -2.21. The Balaban J connectivity index is 1.58. The van der Waals surface area contributed by atoms with Gasteiger partial charge >= 0.3 is 5.97 Å². The van der Waals surface area contributed by atoms with Crippen LogP contribution in [0.2, 0.25) is 0 Å². The predicted octanol–water partition coefficient (Wildman–Crippen LogP) is 4.35. The molecule has 33 heavy (non-hydrogen) atoms. The van der Waals surface area contributed by atoms with Crippen LogP contribution in [0.5, 0.6) is 0 Å². The second-order valence-corrected chi connectivity index (χ2v) is 7.99. The van der Waals surface area contributed by atoms with Crippen molar-refractivity contribution >= 4 is 34.2 Å². The summed E-state index contributed by atoms with van der Waals surface area (Å²) >= 11 is 0. The number of hydrogen-bond acceptors (Lipinski definition) is 4. The number of allylic oxidation sites excluding steroid dienone is 1. The minimum absolute atomic E-state index is 0.107. The molecule has 0 saturated heterocycles. The van der Waals surface area contributed by atoms with Gasteiger partial charge in [0.05, 0.1) is 27.9 Å². The summed E-state index contributed by atoms with van der Waals surface area (Å²) in [6.07, 6.45) is 4.66. The first-order valence-corrected chi connectivity index (χ1v) is 10.6. The molecule has 0 radical (unpaired) electrons. The molecule has 0 aliphatic carbocycles. The van der Waals surface area contributed by atoms with Gasteiger partial charge in [0.1, 0.15) is 11.5 Å². The number of pyridine rings is 1. The van der Waals surface area contributed by atoms with Crippen LogP contribution in [-0.4, -0.2) is 30.0 Å². The molecule has 7 nitrogen and oxygen atoms in total. The van der Waals surface area contributed by atoms with Crippen LogP contribution < -0.4 is 5.56 Å². The largest absolute Gasteiger partial charge is 0.478 e. The zero-order valence-electron chi connectivity index (χ0n) is 17.5. The number of fused-ring (bicyclic) bond motifs is 3. The Labute approximate surface area is 187 Å². The Kier molecular flexibility index (Phi) is 4.23. The molecule has 0 amide bonds. The van der Waals surface area contributed by atoms with Gasteiger partial charge in [0.25, 0.3) is 5.56 Å². The van der Waals surface area contributed by atoms with Gasteiger partial charge in [-0.05, 0) is 48.4 Å². The van der Waals surface area contributed by atoms with Gasteiger partial charge in [-0.2, -0.15) is 0 Å². The maximum atomic E-state index is 13.1. The highest BCUT2D eigenvalue weighted by Gasteiger charge is 2.23. The summed E-state index contributed by atoms with van der Waals surface area (Å²) in [5.74, 6) is -0.478. The molecule has 0 unspecified atom stereocenters. The van der Waals surface area contributed by atoms with E-state index < -0.39 is 5.97 Å². The number of aromatic carboxylic acids is 1. The monoisotopic (exact) mass is 434 g/mol. The molecule has 2 aromatic carbocycles. The molecule has 6 rings (SSSR count). The third kappa shape index (κ3) is 3.05. The Morgan fingerprint density at radius 1 is 1.00 bits per heavy atom. The van der Waals surface area contributed by atoms with Crippen LogP contribution in [0.1, 0.15) is 28.3 Å². The molecular formula is C26H18N4O3. The summed E-state index contributed by atoms with van der Waals surface area (Å²) in [5.41, 5.74) is 4.85. The van der Waals surface area contributed by atoms with E-state index in [-0.39, 0.29) is 11.1 Å². The predicted molar refractivity (Wildman–Crippen MR) is 126 cm³/mol. The number of hydrogen-bond donors (Lipinski definition) is 1. The third-order valence-electron chi connectivity index (χ3n) is 6.02. The van der Waals surface area contributed by atoms with E-state index in [4.69, 9.17) is 9.97 Å². The van der Waals surface area contributed by atoms with E-state index in [1.54, 1.807) is 10.6 Å². The molecule has 7 heteroatoms. The number of aromatic nitrogens is 4. The molecule has 4 heterocycles. The first-order chi connectivity index (χ1) is 16.1. The maximum absolute atomic E-state index is 13.1. The molecule has 0 fully saturated rings. The molecule has 1 aliphatic rings. The number of imidazole rings is 1. The van der Waals surface area contributed by atoms with Crippen molar-refractivity contribution in [1.29, 1.82) is 0 Å².